The van der Waals surface area contributed by atoms with Gasteiger partial charge in [-0.05, 0) is 64.7 Å². The number of benzene rings is 1. The Labute approximate surface area is 162 Å². The third-order valence-corrected chi connectivity index (χ3v) is 7.11. The van der Waals surface area contributed by atoms with E-state index in [9.17, 15) is 13.2 Å². The molecular formula is C19H29ClN2O3S. The van der Waals surface area contributed by atoms with E-state index in [0.717, 1.165) is 12.8 Å². The van der Waals surface area contributed by atoms with Crippen molar-refractivity contribution in [2.45, 2.75) is 64.4 Å². The first-order valence-corrected chi connectivity index (χ1v) is 11.0. The molecule has 146 valence electrons. The van der Waals surface area contributed by atoms with Crippen LogP contribution < -0.4 is 0 Å². The lowest BCUT2D eigenvalue weighted by Crippen LogP contribution is -2.42. The summed E-state index contributed by atoms with van der Waals surface area (Å²) >= 11 is 6.21. The van der Waals surface area contributed by atoms with Crippen LogP contribution in [0.3, 0.4) is 0 Å². The zero-order valence-electron chi connectivity index (χ0n) is 16.2. The number of piperidine rings is 1. The minimum Gasteiger partial charge on any atom is -0.334 e. The summed E-state index contributed by atoms with van der Waals surface area (Å²) in [7, 11) is -3.72. The SMILES string of the molecule is CC1CCCN(S(=O)(=O)c2cc(C(=O)N(C(C)C)C(C)C)ccc2Cl)C1. The predicted octanol–water partition coefficient (Wildman–Crippen LogP) is 4.02. The summed E-state index contributed by atoms with van der Waals surface area (Å²) in [6.45, 7) is 10.8. The van der Waals surface area contributed by atoms with Crippen molar-refractivity contribution in [3.8, 4) is 0 Å². The topological polar surface area (TPSA) is 57.7 Å². The Kier molecular flexibility index (Phi) is 6.75. The number of halogens is 1. The molecule has 2 rings (SSSR count). The van der Waals surface area contributed by atoms with Crippen LogP contribution in [-0.4, -0.2) is 48.7 Å². The maximum absolute atomic E-state index is 13.1. The third kappa shape index (κ3) is 4.41. The van der Waals surface area contributed by atoms with Crippen LogP contribution in [-0.2, 0) is 10.0 Å². The predicted molar refractivity (Wildman–Crippen MR) is 105 cm³/mol. The van der Waals surface area contributed by atoms with Gasteiger partial charge in [-0.2, -0.15) is 4.31 Å². The summed E-state index contributed by atoms with van der Waals surface area (Å²) in [4.78, 5) is 14.7. The smallest absolute Gasteiger partial charge is 0.254 e. The monoisotopic (exact) mass is 400 g/mol. The summed E-state index contributed by atoms with van der Waals surface area (Å²) in [5.41, 5.74) is 0.348. The van der Waals surface area contributed by atoms with Crippen LogP contribution in [0.5, 0.6) is 0 Å². The second kappa shape index (κ2) is 8.28. The second-order valence-corrected chi connectivity index (χ2v) is 9.97. The van der Waals surface area contributed by atoms with Gasteiger partial charge in [-0.15, -0.1) is 0 Å². The molecule has 0 saturated carbocycles. The molecule has 1 saturated heterocycles. The van der Waals surface area contributed by atoms with Crippen LogP contribution in [0.1, 0.15) is 57.8 Å². The molecule has 0 aliphatic carbocycles. The fourth-order valence-corrected chi connectivity index (χ4v) is 5.65. The van der Waals surface area contributed by atoms with Crippen molar-refractivity contribution in [2.24, 2.45) is 5.92 Å². The quantitative estimate of drug-likeness (QED) is 0.749. The second-order valence-electron chi connectivity index (χ2n) is 7.66. The van der Waals surface area contributed by atoms with E-state index in [-0.39, 0.29) is 27.9 Å². The summed E-state index contributed by atoms with van der Waals surface area (Å²) in [6, 6.07) is 4.56. The van der Waals surface area contributed by atoms with Crippen molar-refractivity contribution in [2.75, 3.05) is 13.1 Å². The number of sulfonamides is 1. The normalized spacial score (nSPS) is 19.2. The Morgan fingerprint density at radius 3 is 2.38 bits per heavy atom. The standard InChI is InChI=1S/C19H29ClN2O3S/c1-13(2)22(14(3)4)19(23)16-8-9-17(20)18(11-16)26(24,25)21-10-6-7-15(5)12-21/h8-9,11,13-15H,6-7,10,12H2,1-5H3. The van der Waals surface area contributed by atoms with Crippen LogP contribution in [0, 0.1) is 5.92 Å². The number of rotatable bonds is 5. The highest BCUT2D eigenvalue weighted by molar-refractivity contribution is 7.89. The molecule has 1 aliphatic rings. The van der Waals surface area contributed by atoms with Gasteiger partial charge < -0.3 is 4.90 Å². The zero-order valence-corrected chi connectivity index (χ0v) is 17.8. The van der Waals surface area contributed by atoms with Crippen LogP contribution in [0.2, 0.25) is 5.02 Å². The molecule has 1 atom stereocenters. The molecule has 1 aromatic carbocycles. The number of hydrogen-bond donors (Lipinski definition) is 0. The molecule has 1 amide bonds. The lowest BCUT2D eigenvalue weighted by molar-refractivity contribution is 0.0643. The molecule has 1 unspecified atom stereocenters. The van der Waals surface area contributed by atoms with E-state index in [1.165, 1.54) is 16.4 Å². The lowest BCUT2D eigenvalue weighted by Gasteiger charge is -2.32. The molecule has 0 radical (unpaired) electrons. The molecule has 1 fully saturated rings. The zero-order chi connectivity index (χ0) is 19.6. The average molecular weight is 401 g/mol. The van der Waals surface area contributed by atoms with Crippen LogP contribution >= 0.6 is 11.6 Å². The molecule has 0 spiro atoms. The molecule has 1 heterocycles. The van der Waals surface area contributed by atoms with Gasteiger partial charge >= 0.3 is 0 Å². The maximum Gasteiger partial charge on any atom is 0.254 e. The number of carbonyl (C=O) groups excluding carboxylic acids is 1. The highest BCUT2D eigenvalue weighted by Gasteiger charge is 2.31. The van der Waals surface area contributed by atoms with E-state index >= 15 is 0 Å². The van der Waals surface area contributed by atoms with E-state index in [1.54, 1.807) is 11.0 Å². The number of carbonyl (C=O) groups is 1. The largest absolute Gasteiger partial charge is 0.334 e. The molecule has 26 heavy (non-hydrogen) atoms. The van der Waals surface area contributed by atoms with Crippen molar-refractivity contribution < 1.29 is 13.2 Å². The summed E-state index contributed by atoms with van der Waals surface area (Å²) in [5, 5.41) is 0.153. The summed E-state index contributed by atoms with van der Waals surface area (Å²) in [6.07, 6.45) is 1.86. The number of amides is 1. The Morgan fingerprint density at radius 2 is 1.85 bits per heavy atom. The van der Waals surface area contributed by atoms with Crippen molar-refractivity contribution >= 4 is 27.5 Å². The third-order valence-electron chi connectivity index (χ3n) is 4.76. The van der Waals surface area contributed by atoms with Gasteiger partial charge in [-0.1, -0.05) is 18.5 Å². The van der Waals surface area contributed by atoms with E-state index in [1.807, 2.05) is 34.6 Å². The first kappa shape index (κ1) is 21.2. The van der Waals surface area contributed by atoms with E-state index < -0.39 is 10.0 Å². The first-order valence-electron chi connectivity index (χ1n) is 9.18. The molecule has 0 bridgehead atoms. The fraction of sp³-hybridized carbons (Fsp3) is 0.632. The molecule has 7 heteroatoms. The molecule has 1 aromatic rings. The average Bonchev–Trinajstić information content (AvgIpc) is 2.54. The van der Waals surface area contributed by atoms with Crippen molar-refractivity contribution in [3.63, 3.8) is 0 Å². The van der Waals surface area contributed by atoms with Crippen LogP contribution in [0.25, 0.3) is 0 Å². The van der Waals surface area contributed by atoms with Gasteiger partial charge in [0.05, 0.1) is 5.02 Å². The molecule has 0 aromatic heterocycles. The van der Waals surface area contributed by atoms with E-state index in [0.29, 0.717) is 24.6 Å². The highest BCUT2D eigenvalue weighted by Crippen LogP contribution is 2.29. The van der Waals surface area contributed by atoms with E-state index in [2.05, 4.69) is 0 Å². The minimum atomic E-state index is -3.72. The lowest BCUT2D eigenvalue weighted by atomic mass is 10.0. The maximum atomic E-state index is 13.1. The molecule has 5 nitrogen and oxygen atoms in total. The van der Waals surface area contributed by atoms with Gasteiger partial charge in [0.2, 0.25) is 10.0 Å². The highest BCUT2D eigenvalue weighted by atomic mass is 35.5. The van der Waals surface area contributed by atoms with Crippen molar-refractivity contribution in [1.29, 1.82) is 0 Å². The number of nitrogens with zero attached hydrogens (tertiary/aromatic N) is 2. The molecule has 0 N–H and O–H groups in total. The van der Waals surface area contributed by atoms with Crippen LogP contribution in [0.4, 0.5) is 0 Å². The minimum absolute atomic E-state index is 0.0150. The summed E-state index contributed by atoms with van der Waals surface area (Å²) in [5.74, 6) is 0.134. The van der Waals surface area contributed by atoms with Crippen molar-refractivity contribution in [1.82, 2.24) is 9.21 Å². The molecular weight excluding hydrogens is 372 g/mol. The number of hydrogen-bond acceptors (Lipinski definition) is 3. The van der Waals surface area contributed by atoms with Gasteiger partial charge in [0.25, 0.3) is 5.91 Å². The van der Waals surface area contributed by atoms with Gasteiger partial charge in [-0.25, -0.2) is 8.42 Å². The summed E-state index contributed by atoms with van der Waals surface area (Å²) < 4.78 is 27.7. The first-order chi connectivity index (χ1) is 12.1. The van der Waals surface area contributed by atoms with Gasteiger partial charge in [0.15, 0.2) is 0 Å². The Morgan fingerprint density at radius 1 is 1.23 bits per heavy atom. The van der Waals surface area contributed by atoms with Gasteiger partial charge in [0.1, 0.15) is 4.90 Å². The van der Waals surface area contributed by atoms with E-state index in [4.69, 9.17) is 11.6 Å². The molecule has 1 aliphatic heterocycles. The van der Waals surface area contributed by atoms with Gasteiger partial charge in [0, 0.05) is 30.7 Å². The fourth-order valence-electron chi connectivity index (χ4n) is 3.55. The Balaban J connectivity index is 2.42. The van der Waals surface area contributed by atoms with Gasteiger partial charge in [-0.3, -0.25) is 4.79 Å². The Bertz CT molecular complexity index is 754. The van der Waals surface area contributed by atoms with Crippen LogP contribution in [0.15, 0.2) is 23.1 Å². The Hall–Kier alpha value is -1.11. The van der Waals surface area contributed by atoms with Crippen molar-refractivity contribution in [3.05, 3.63) is 28.8 Å².